The Balaban J connectivity index is 2.32. The van der Waals surface area contributed by atoms with E-state index in [9.17, 15) is 30.7 Å². The van der Waals surface area contributed by atoms with Crippen molar-refractivity contribution < 1.29 is 30.7 Å². The van der Waals surface area contributed by atoms with Crippen LogP contribution < -0.4 is 0 Å². The average molecular weight is 388 g/mol. The predicted molar refractivity (Wildman–Crippen MR) is 81.8 cm³/mol. The van der Waals surface area contributed by atoms with E-state index in [2.05, 4.69) is 4.99 Å². The summed E-state index contributed by atoms with van der Waals surface area (Å²) in [6, 6.07) is 2.04. The smallest absolute Gasteiger partial charge is 0.287 e. The zero-order chi connectivity index (χ0) is 18.7. The van der Waals surface area contributed by atoms with Gasteiger partial charge >= 0.3 is 0 Å². The van der Waals surface area contributed by atoms with Crippen LogP contribution >= 0.6 is 11.8 Å². The Hall–Kier alpha value is -1.45. The van der Waals surface area contributed by atoms with Gasteiger partial charge in [-0.2, -0.15) is 0 Å². The van der Waals surface area contributed by atoms with E-state index in [1.807, 2.05) is 0 Å². The topological polar surface area (TPSA) is 15.6 Å². The summed E-state index contributed by atoms with van der Waals surface area (Å²) in [7, 11) is 0. The van der Waals surface area contributed by atoms with Crippen LogP contribution in [0.2, 0.25) is 0 Å². The molecule has 0 radical (unpaired) electrons. The van der Waals surface area contributed by atoms with Crippen LogP contribution in [0, 0.1) is 12.7 Å². The van der Waals surface area contributed by atoms with Crippen molar-refractivity contribution in [3.05, 3.63) is 23.5 Å². The van der Waals surface area contributed by atoms with E-state index < -0.39 is 30.5 Å². The van der Waals surface area contributed by atoms with Gasteiger partial charge < -0.3 is 4.90 Å². The first kappa shape index (κ1) is 19.9. The summed E-state index contributed by atoms with van der Waals surface area (Å²) in [6.45, 7) is 1.42. The number of halogens is 7. The number of likely N-dealkylation sites (tertiary alicyclic amines) is 1. The zero-order valence-electron chi connectivity index (χ0n) is 13.0. The molecule has 0 amide bonds. The third-order valence-electron chi connectivity index (χ3n) is 3.57. The van der Waals surface area contributed by atoms with Crippen LogP contribution in [-0.4, -0.2) is 41.9 Å². The van der Waals surface area contributed by atoms with E-state index in [4.69, 9.17) is 0 Å². The maximum Gasteiger partial charge on any atom is 0.287 e. The number of alkyl halides is 6. The van der Waals surface area contributed by atoms with Crippen molar-refractivity contribution in [3.8, 4) is 0 Å². The highest BCUT2D eigenvalue weighted by Gasteiger charge is 2.33. The first-order valence-electron chi connectivity index (χ1n) is 7.36. The molecule has 0 aromatic heterocycles. The van der Waals surface area contributed by atoms with Gasteiger partial charge in [0.25, 0.3) is 12.9 Å². The quantitative estimate of drug-likeness (QED) is 0.365. The number of hydrogen-bond donors (Lipinski definition) is 0. The highest BCUT2D eigenvalue weighted by atomic mass is 32.2. The van der Waals surface area contributed by atoms with Gasteiger partial charge in [-0.05, 0) is 31.0 Å². The molecule has 0 N–H and O–H groups in total. The lowest BCUT2D eigenvalue weighted by Gasteiger charge is -2.22. The van der Waals surface area contributed by atoms with Crippen molar-refractivity contribution in [1.82, 2.24) is 4.90 Å². The zero-order valence-corrected chi connectivity index (χ0v) is 13.9. The number of aliphatic imine (C=N–C) groups is 1. The SMILES string of the molecule is Cc1cc(F)c(N=C2CCCN2C(F)C(F)F)cc1SC(F)C(F)F. The average Bonchev–Trinajstić information content (AvgIpc) is 2.98. The van der Waals surface area contributed by atoms with Gasteiger partial charge in [-0.25, -0.2) is 35.7 Å². The second kappa shape index (κ2) is 8.29. The summed E-state index contributed by atoms with van der Waals surface area (Å²) in [5.41, 5.74) is -2.60. The molecule has 0 spiro atoms. The molecule has 10 heteroatoms. The first-order chi connectivity index (χ1) is 11.7. The number of benzene rings is 1. The van der Waals surface area contributed by atoms with E-state index in [-0.39, 0.29) is 46.7 Å². The summed E-state index contributed by atoms with van der Waals surface area (Å²) >= 11 is 0.211. The Morgan fingerprint density at radius 3 is 2.36 bits per heavy atom. The van der Waals surface area contributed by atoms with Gasteiger partial charge in [0, 0.05) is 17.9 Å². The Labute approximate surface area is 144 Å². The fourth-order valence-corrected chi connectivity index (χ4v) is 3.14. The molecule has 2 rings (SSSR count). The molecular weight excluding hydrogens is 373 g/mol. The van der Waals surface area contributed by atoms with Crippen LogP contribution in [0.15, 0.2) is 22.0 Å². The van der Waals surface area contributed by atoms with Gasteiger partial charge in [0.1, 0.15) is 17.3 Å². The number of aryl methyl sites for hydroxylation is 1. The molecule has 1 fully saturated rings. The van der Waals surface area contributed by atoms with Crippen LogP contribution in [0.25, 0.3) is 0 Å². The Morgan fingerprint density at radius 1 is 1.08 bits per heavy atom. The van der Waals surface area contributed by atoms with Crippen LogP contribution in [0.4, 0.5) is 36.4 Å². The summed E-state index contributed by atoms with van der Waals surface area (Å²) in [4.78, 5) is 4.66. The molecule has 0 saturated carbocycles. The molecule has 1 aromatic carbocycles. The van der Waals surface area contributed by atoms with Gasteiger partial charge in [0.05, 0.1) is 0 Å². The minimum atomic E-state index is -3.24. The fraction of sp³-hybridized carbons (Fsp3) is 0.533. The van der Waals surface area contributed by atoms with Crippen molar-refractivity contribution in [2.75, 3.05) is 6.54 Å². The molecule has 1 aliphatic heterocycles. The minimum Gasteiger partial charge on any atom is -0.325 e. The number of amidine groups is 1. The summed E-state index contributed by atoms with van der Waals surface area (Å²) in [5.74, 6) is -0.890. The van der Waals surface area contributed by atoms with Gasteiger partial charge in [0.15, 0.2) is 0 Å². The lowest BCUT2D eigenvalue weighted by molar-refractivity contribution is -0.0138. The summed E-state index contributed by atoms with van der Waals surface area (Å²) < 4.78 is 90.6. The van der Waals surface area contributed by atoms with Crippen LogP contribution in [0.1, 0.15) is 18.4 Å². The Bertz CT molecular complexity index is 639. The molecule has 140 valence electrons. The second-order valence-corrected chi connectivity index (χ2v) is 6.53. The van der Waals surface area contributed by atoms with Gasteiger partial charge in [-0.3, -0.25) is 0 Å². The highest BCUT2D eigenvalue weighted by Crippen LogP contribution is 2.35. The first-order valence-corrected chi connectivity index (χ1v) is 8.24. The van der Waals surface area contributed by atoms with Crippen molar-refractivity contribution in [1.29, 1.82) is 0 Å². The second-order valence-electron chi connectivity index (χ2n) is 5.40. The summed E-state index contributed by atoms with van der Waals surface area (Å²) in [6.07, 6.45) is -8.47. The third kappa shape index (κ3) is 4.80. The van der Waals surface area contributed by atoms with E-state index in [1.165, 1.54) is 6.92 Å². The lowest BCUT2D eigenvalue weighted by Crippen LogP contribution is -2.37. The Kier molecular flexibility index (Phi) is 6.59. The van der Waals surface area contributed by atoms with Crippen molar-refractivity contribution in [2.45, 2.75) is 49.3 Å². The van der Waals surface area contributed by atoms with E-state index in [1.54, 1.807) is 0 Å². The molecule has 2 atom stereocenters. The van der Waals surface area contributed by atoms with Gasteiger partial charge in [-0.15, -0.1) is 0 Å². The molecular formula is C15H15F7N2S. The molecule has 0 aliphatic carbocycles. The number of thioether (sulfide) groups is 1. The molecule has 2 unspecified atom stereocenters. The molecule has 2 nitrogen and oxygen atoms in total. The highest BCUT2D eigenvalue weighted by molar-refractivity contribution is 7.99. The van der Waals surface area contributed by atoms with E-state index >= 15 is 0 Å². The Morgan fingerprint density at radius 2 is 1.76 bits per heavy atom. The van der Waals surface area contributed by atoms with Crippen molar-refractivity contribution in [3.63, 3.8) is 0 Å². The van der Waals surface area contributed by atoms with E-state index in [0.717, 1.165) is 17.0 Å². The van der Waals surface area contributed by atoms with Crippen LogP contribution in [0.5, 0.6) is 0 Å². The number of nitrogens with zero attached hydrogens (tertiary/aromatic N) is 2. The largest absolute Gasteiger partial charge is 0.325 e. The maximum absolute atomic E-state index is 14.0. The monoisotopic (exact) mass is 388 g/mol. The maximum atomic E-state index is 14.0. The van der Waals surface area contributed by atoms with Crippen LogP contribution in [-0.2, 0) is 0 Å². The number of hydrogen-bond acceptors (Lipinski definition) is 2. The van der Waals surface area contributed by atoms with Crippen molar-refractivity contribution in [2.24, 2.45) is 4.99 Å². The van der Waals surface area contributed by atoms with Crippen molar-refractivity contribution >= 4 is 23.3 Å². The normalized spacial score (nSPS) is 19.3. The molecule has 1 saturated heterocycles. The van der Waals surface area contributed by atoms with E-state index in [0.29, 0.717) is 6.42 Å². The molecule has 1 aromatic rings. The van der Waals surface area contributed by atoms with Gasteiger partial charge in [0.2, 0.25) is 11.8 Å². The summed E-state index contributed by atoms with van der Waals surface area (Å²) in [5, 5.41) is 0. The van der Waals surface area contributed by atoms with Gasteiger partial charge in [-0.1, -0.05) is 11.8 Å². The number of rotatable bonds is 6. The fourth-order valence-electron chi connectivity index (χ4n) is 2.37. The molecule has 25 heavy (non-hydrogen) atoms. The standard InChI is InChI=1S/C15H15F7N2S/c1-7-5-8(16)9(6-10(7)25-15(22)13(19)20)23-11-3-2-4-24(11)14(21)12(17)18/h5-6,12-15H,2-4H2,1H3. The predicted octanol–water partition coefficient (Wildman–Crippen LogP) is 5.47. The molecule has 0 bridgehead atoms. The molecule has 1 aliphatic rings. The van der Waals surface area contributed by atoms with Crippen LogP contribution in [0.3, 0.4) is 0 Å². The molecule has 1 heterocycles. The minimum absolute atomic E-state index is 0.0113. The lowest BCUT2D eigenvalue weighted by atomic mass is 10.2. The third-order valence-corrected chi connectivity index (χ3v) is 4.69.